The van der Waals surface area contributed by atoms with Gasteiger partial charge in [0.2, 0.25) is 0 Å². The Labute approximate surface area is 101 Å². The number of esters is 1. The van der Waals surface area contributed by atoms with Crippen molar-refractivity contribution in [3.05, 3.63) is 32.1 Å². The number of aromatic amines is 1. The van der Waals surface area contributed by atoms with Crippen molar-refractivity contribution in [1.29, 1.82) is 0 Å². The van der Waals surface area contributed by atoms with Crippen molar-refractivity contribution < 1.29 is 9.53 Å². The number of hydrogen-bond acceptors (Lipinski definition) is 4. The summed E-state index contributed by atoms with van der Waals surface area (Å²) in [5.74, 6) is -0.431. The van der Waals surface area contributed by atoms with E-state index in [9.17, 15) is 14.4 Å². The monoisotopic (exact) mass is 258 g/mol. The Hall–Kier alpha value is -1.56. The van der Waals surface area contributed by atoms with Crippen LogP contribution in [-0.4, -0.2) is 22.6 Å². The minimum Gasteiger partial charge on any atom is -0.467 e. The quantitative estimate of drug-likeness (QED) is 0.792. The molecule has 7 heteroatoms. The molecular weight excluding hydrogens is 248 g/mol. The van der Waals surface area contributed by atoms with Gasteiger partial charge in [-0.15, -0.1) is 0 Å². The summed E-state index contributed by atoms with van der Waals surface area (Å²) in [5.41, 5.74) is -1.31. The normalized spacial score (nSPS) is 16.6. The average Bonchev–Trinajstić information content (AvgIpc) is 3.09. The van der Waals surface area contributed by atoms with Gasteiger partial charge in [-0.25, -0.2) is 9.59 Å². The van der Waals surface area contributed by atoms with Gasteiger partial charge < -0.3 is 4.74 Å². The third-order valence-electron chi connectivity index (χ3n) is 2.74. The molecule has 17 heavy (non-hydrogen) atoms. The lowest BCUT2D eigenvalue weighted by Gasteiger charge is -2.16. The van der Waals surface area contributed by atoms with E-state index in [1.807, 2.05) is 0 Å². The van der Waals surface area contributed by atoms with Crippen molar-refractivity contribution in [2.24, 2.45) is 5.92 Å². The number of nitrogens with one attached hydrogen (secondary N) is 1. The number of H-pyrrole nitrogens is 1. The van der Waals surface area contributed by atoms with E-state index >= 15 is 0 Å². The van der Waals surface area contributed by atoms with Crippen LogP contribution in [0, 0.1) is 5.92 Å². The lowest BCUT2D eigenvalue weighted by molar-refractivity contribution is -0.145. The fraction of sp³-hybridized carbons (Fsp3) is 0.500. The smallest absolute Gasteiger partial charge is 0.329 e. The molecule has 1 aromatic heterocycles. The van der Waals surface area contributed by atoms with Gasteiger partial charge in [0.05, 0.1) is 7.11 Å². The molecule has 0 aromatic carbocycles. The molecule has 6 nitrogen and oxygen atoms in total. The van der Waals surface area contributed by atoms with Crippen molar-refractivity contribution in [2.45, 2.75) is 18.9 Å². The van der Waals surface area contributed by atoms with E-state index in [-0.39, 0.29) is 10.9 Å². The van der Waals surface area contributed by atoms with Crippen molar-refractivity contribution in [3.8, 4) is 0 Å². The van der Waals surface area contributed by atoms with Gasteiger partial charge in [-0.05, 0) is 18.8 Å². The Morgan fingerprint density at radius 2 is 2.24 bits per heavy atom. The van der Waals surface area contributed by atoms with Crippen LogP contribution in [0.2, 0.25) is 5.02 Å². The highest BCUT2D eigenvalue weighted by Gasteiger charge is 2.39. The third-order valence-corrected chi connectivity index (χ3v) is 3.00. The SMILES string of the molecule is COC(=O)C(C1CC1)n1cc(Cl)c(=O)[nH]c1=O. The summed E-state index contributed by atoms with van der Waals surface area (Å²) >= 11 is 5.65. The number of carbonyl (C=O) groups is 1. The van der Waals surface area contributed by atoms with E-state index < -0.39 is 23.3 Å². The maximum atomic E-state index is 11.6. The molecule has 1 N–H and O–H groups in total. The van der Waals surface area contributed by atoms with Crippen LogP contribution in [0.3, 0.4) is 0 Å². The van der Waals surface area contributed by atoms with Gasteiger partial charge in [0.1, 0.15) is 11.1 Å². The molecule has 2 rings (SSSR count). The van der Waals surface area contributed by atoms with Crippen LogP contribution >= 0.6 is 11.6 Å². The molecule has 0 radical (unpaired) electrons. The van der Waals surface area contributed by atoms with Crippen LogP contribution in [0.25, 0.3) is 0 Å². The van der Waals surface area contributed by atoms with Gasteiger partial charge in [-0.3, -0.25) is 14.3 Å². The van der Waals surface area contributed by atoms with Crippen molar-refractivity contribution in [3.63, 3.8) is 0 Å². The largest absolute Gasteiger partial charge is 0.467 e. The highest BCUT2D eigenvalue weighted by atomic mass is 35.5. The molecule has 1 aromatic rings. The van der Waals surface area contributed by atoms with Gasteiger partial charge in [0.25, 0.3) is 5.56 Å². The lowest BCUT2D eigenvalue weighted by atomic mass is 10.2. The highest BCUT2D eigenvalue weighted by molar-refractivity contribution is 6.30. The maximum Gasteiger partial charge on any atom is 0.329 e. The summed E-state index contributed by atoms with van der Waals surface area (Å²) in [6.45, 7) is 0. The first-order valence-corrected chi connectivity index (χ1v) is 5.51. The Morgan fingerprint density at radius 1 is 1.59 bits per heavy atom. The molecule has 0 amide bonds. The standard InChI is InChI=1S/C10H11ClN2O4/c1-17-9(15)7(5-2-3-5)13-4-6(11)8(14)12-10(13)16/h4-5,7H,2-3H2,1H3,(H,12,14,16). The molecule has 1 aliphatic carbocycles. The first-order valence-electron chi connectivity index (χ1n) is 5.13. The van der Waals surface area contributed by atoms with Crippen LogP contribution in [0.4, 0.5) is 0 Å². The Kier molecular flexibility index (Phi) is 3.06. The van der Waals surface area contributed by atoms with E-state index in [1.165, 1.54) is 13.3 Å². The number of aromatic nitrogens is 2. The van der Waals surface area contributed by atoms with E-state index in [4.69, 9.17) is 11.6 Å². The molecule has 92 valence electrons. The molecule has 1 saturated carbocycles. The molecule has 1 atom stereocenters. The van der Waals surface area contributed by atoms with Crippen LogP contribution in [0.1, 0.15) is 18.9 Å². The molecule has 1 aliphatic rings. The summed E-state index contributed by atoms with van der Waals surface area (Å²) in [4.78, 5) is 36.4. The second-order valence-electron chi connectivity index (χ2n) is 3.95. The topological polar surface area (TPSA) is 81.2 Å². The predicted molar refractivity (Wildman–Crippen MR) is 60.1 cm³/mol. The Balaban J connectivity index is 2.50. The number of methoxy groups -OCH3 is 1. The molecular formula is C10H11ClN2O4. The summed E-state index contributed by atoms with van der Waals surface area (Å²) in [7, 11) is 1.26. The maximum absolute atomic E-state index is 11.6. The number of halogens is 1. The van der Waals surface area contributed by atoms with E-state index in [1.54, 1.807) is 0 Å². The number of ether oxygens (including phenoxy) is 1. The highest BCUT2D eigenvalue weighted by Crippen LogP contribution is 2.39. The van der Waals surface area contributed by atoms with Gasteiger partial charge in [-0.2, -0.15) is 0 Å². The molecule has 1 fully saturated rings. The second-order valence-corrected chi connectivity index (χ2v) is 4.36. The van der Waals surface area contributed by atoms with Gasteiger partial charge >= 0.3 is 11.7 Å². The predicted octanol–water partition coefficient (Wildman–Crippen LogP) is 0.314. The molecule has 0 bridgehead atoms. The lowest BCUT2D eigenvalue weighted by Crippen LogP contribution is -2.36. The fourth-order valence-corrected chi connectivity index (χ4v) is 1.89. The zero-order chi connectivity index (χ0) is 12.6. The molecule has 1 unspecified atom stereocenters. The zero-order valence-corrected chi connectivity index (χ0v) is 9.86. The summed E-state index contributed by atoms with van der Waals surface area (Å²) in [5, 5.41) is -0.126. The minimum atomic E-state index is -0.707. The number of carbonyl (C=O) groups excluding carboxylic acids is 1. The number of hydrogen-bond donors (Lipinski definition) is 1. The van der Waals surface area contributed by atoms with Crippen molar-refractivity contribution in [1.82, 2.24) is 9.55 Å². The first kappa shape index (κ1) is 11.9. The summed E-state index contributed by atoms with van der Waals surface area (Å²) < 4.78 is 5.79. The van der Waals surface area contributed by atoms with Crippen LogP contribution in [-0.2, 0) is 9.53 Å². The minimum absolute atomic E-state index is 0.0714. The van der Waals surface area contributed by atoms with Gasteiger partial charge in [0.15, 0.2) is 0 Å². The van der Waals surface area contributed by atoms with E-state index in [0.29, 0.717) is 0 Å². The number of rotatable bonds is 3. The first-order chi connectivity index (χ1) is 8.04. The molecule has 0 aliphatic heterocycles. The molecule has 1 heterocycles. The van der Waals surface area contributed by atoms with Crippen molar-refractivity contribution in [2.75, 3.05) is 7.11 Å². The fourth-order valence-electron chi connectivity index (χ4n) is 1.73. The van der Waals surface area contributed by atoms with E-state index in [2.05, 4.69) is 9.72 Å². The van der Waals surface area contributed by atoms with E-state index in [0.717, 1.165) is 17.4 Å². The Morgan fingerprint density at radius 3 is 2.76 bits per heavy atom. The average molecular weight is 259 g/mol. The Bertz CT molecular complexity index is 558. The van der Waals surface area contributed by atoms with Crippen LogP contribution in [0.15, 0.2) is 15.8 Å². The second kappa shape index (κ2) is 4.37. The van der Waals surface area contributed by atoms with Crippen LogP contribution < -0.4 is 11.2 Å². The summed E-state index contributed by atoms with van der Waals surface area (Å²) in [6.07, 6.45) is 2.88. The number of nitrogens with zero attached hydrogens (tertiary/aromatic N) is 1. The van der Waals surface area contributed by atoms with Gasteiger partial charge in [0, 0.05) is 6.20 Å². The van der Waals surface area contributed by atoms with Crippen molar-refractivity contribution >= 4 is 17.6 Å². The summed E-state index contributed by atoms with van der Waals surface area (Å²) in [6, 6.07) is -0.707. The van der Waals surface area contributed by atoms with Crippen LogP contribution in [0.5, 0.6) is 0 Å². The molecule has 0 spiro atoms. The van der Waals surface area contributed by atoms with Gasteiger partial charge in [-0.1, -0.05) is 11.6 Å². The zero-order valence-electron chi connectivity index (χ0n) is 9.10. The third kappa shape index (κ3) is 2.26. The molecule has 0 saturated heterocycles.